The number of methoxy groups -OCH3 is 1. The van der Waals surface area contributed by atoms with Gasteiger partial charge in [-0.2, -0.15) is 0 Å². The highest BCUT2D eigenvalue weighted by atomic mass is 35.5. The molecule has 0 amide bonds. The lowest BCUT2D eigenvalue weighted by atomic mass is 10.1. The summed E-state index contributed by atoms with van der Waals surface area (Å²) < 4.78 is 5.34. The van der Waals surface area contributed by atoms with E-state index in [4.69, 9.17) is 21.3 Å². The van der Waals surface area contributed by atoms with Gasteiger partial charge in [-0.05, 0) is 54.4 Å². The van der Waals surface area contributed by atoms with Crippen LogP contribution in [-0.2, 0) is 13.0 Å². The molecule has 0 bridgehead atoms. The molecule has 2 aromatic carbocycles. The van der Waals surface area contributed by atoms with Gasteiger partial charge in [0, 0.05) is 34.6 Å². The van der Waals surface area contributed by atoms with E-state index < -0.39 is 0 Å². The van der Waals surface area contributed by atoms with Gasteiger partial charge in [-0.1, -0.05) is 23.7 Å². The van der Waals surface area contributed by atoms with Crippen molar-refractivity contribution < 1.29 is 4.74 Å². The van der Waals surface area contributed by atoms with Gasteiger partial charge in [0.25, 0.3) is 0 Å². The molecule has 0 atom stereocenters. The van der Waals surface area contributed by atoms with Gasteiger partial charge in [0.15, 0.2) is 0 Å². The Balaban J connectivity index is 1.54. The summed E-state index contributed by atoms with van der Waals surface area (Å²) in [6.45, 7) is 1.61. The normalized spacial score (nSPS) is 11.1. The first-order valence-corrected chi connectivity index (χ1v) is 10.3. The molecule has 28 heavy (non-hydrogen) atoms. The Morgan fingerprint density at radius 2 is 1.96 bits per heavy atom. The second kappa shape index (κ2) is 8.69. The minimum Gasteiger partial charge on any atom is -0.497 e. The van der Waals surface area contributed by atoms with Crippen LogP contribution in [0.5, 0.6) is 5.75 Å². The number of rotatable bonds is 7. The highest BCUT2D eigenvalue weighted by Crippen LogP contribution is 2.29. The van der Waals surface area contributed by atoms with Crippen molar-refractivity contribution in [3.05, 3.63) is 76.3 Å². The molecule has 0 aliphatic rings. The Morgan fingerprint density at radius 1 is 1.11 bits per heavy atom. The van der Waals surface area contributed by atoms with Crippen molar-refractivity contribution in [1.82, 2.24) is 15.3 Å². The fourth-order valence-electron chi connectivity index (χ4n) is 3.08. The minimum atomic E-state index is 0.734. The third kappa shape index (κ3) is 4.33. The molecular formula is C22H20ClN3OS. The van der Waals surface area contributed by atoms with Gasteiger partial charge < -0.3 is 10.1 Å². The fourth-order valence-corrected chi connectivity index (χ4v) is 3.87. The van der Waals surface area contributed by atoms with E-state index in [1.807, 2.05) is 41.9 Å². The van der Waals surface area contributed by atoms with Gasteiger partial charge in [0.1, 0.15) is 16.5 Å². The van der Waals surface area contributed by atoms with Crippen LogP contribution < -0.4 is 10.1 Å². The number of aromatic nitrogens is 2. The fraction of sp³-hybridized carbons (Fsp3) is 0.182. The SMILES string of the molecule is COc1ccc2cc(CNCCc3ccc(Cl)cc3)c(-c3nccs3)nc2c1. The highest BCUT2D eigenvalue weighted by Gasteiger charge is 2.12. The predicted molar refractivity (Wildman–Crippen MR) is 116 cm³/mol. The van der Waals surface area contributed by atoms with Crippen molar-refractivity contribution in [2.24, 2.45) is 0 Å². The third-order valence-corrected chi connectivity index (χ3v) is 5.59. The van der Waals surface area contributed by atoms with Gasteiger partial charge in [-0.3, -0.25) is 0 Å². The number of nitrogens with zero attached hydrogens (tertiary/aromatic N) is 2. The van der Waals surface area contributed by atoms with Crippen molar-refractivity contribution in [1.29, 1.82) is 0 Å². The number of ether oxygens (including phenoxy) is 1. The average molecular weight is 410 g/mol. The maximum Gasteiger partial charge on any atom is 0.142 e. The number of hydrogen-bond acceptors (Lipinski definition) is 5. The van der Waals surface area contributed by atoms with Crippen molar-refractivity contribution in [2.75, 3.05) is 13.7 Å². The molecule has 4 aromatic rings. The van der Waals surface area contributed by atoms with Crippen molar-refractivity contribution >= 4 is 33.8 Å². The second-order valence-electron chi connectivity index (χ2n) is 6.45. The van der Waals surface area contributed by atoms with Crippen LogP contribution in [0.1, 0.15) is 11.1 Å². The Morgan fingerprint density at radius 3 is 2.71 bits per heavy atom. The molecule has 0 radical (unpaired) electrons. The minimum absolute atomic E-state index is 0.734. The molecule has 4 rings (SSSR count). The van der Waals surface area contributed by atoms with E-state index in [2.05, 4.69) is 28.5 Å². The quantitative estimate of drug-likeness (QED) is 0.418. The summed E-state index contributed by atoms with van der Waals surface area (Å²) in [5.74, 6) is 0.805. The van der Waals surface area contributed by atoms with Gasteiger partial charge in [0.2, 0.25) is 0 Å². The summed E-state index contributed by atoms with van der Waals surface area (Å²) in [6.07, 6.45) is 2.76. The van der Waals surface area contributed by atoms with Crippen molar-refractivity contribution in [2.45, 2.75) is 13.0 Å². The van der Waals surface area contributed by atoms with E-state index in [9.17, 15) is 0 Å². The number of halogens is 1. The second-order valence-corrected chi connectivity index (χ2v) is 7.78. The molecule has 0 aliphatic heterocycles. The number of benzene rings is 2. The predicted octanol–water partition coefficient (Wildman–Crippen LogP) is 5.35. The van der Waals surface area contributed by atoms with E-state index in [0.717, 1.165) is 57.5 Å². The lowest BCUT2D eigenvalue weighted by molar-refractivity contribution is 0.415. The Kier molecular flexibility index (Phi) is 5.86. The van der Waals surface area contributed by atoms with Crippen LogP contribution in [-0.4, -0.2) is 23.6 Å². The maximum atomic E-state index is 5.95. The molecule has 142 valence electrons. The number of pyridine rings is 1. The van der Waals surface area contributed by atoms with E-state index in [-0.39, 0.29) is 0 Å². The molecular weight excluding hydrogens is 390 g/mol. The van der Waals surface area contributed by atoms with Gasteiger partial charge in [-0.15, -0.1) is 11.3 Å². The van der Waals surface area contributed by atoms with Crippen LogP contribution in [0.4, 0.5) is 0 Å². The van der Waals surface area contributed by atoms with Crippen LogP contribution in [0.3, 0.4) is 0 Å². The topological polar surface area (TPSA) is 47.0 Å². The zero-order chi connectivity index (χ0) is 19.3. The highest BCUT2D eigenvalue weighted by molar-refractivity contribution is 7.13. The van der Waals surface area contributed by atoms with E-state index >= 15 is 0 Å². The van der Waals surface area contributed by atoms with E-state index in [1.165, 1.54) is 5.56 Å². The largest absolute Gasteiger partial charge is 0.497 e. The zero-order valence-corrected chi connectivity index (χ0v) is 17.1. The molecule has 1 N–H and O–H groups in total. The summed E-state index contributed by atoms with van der Waals surface area (Å²) in [6, 6.07) is 16.1. The molecule has 4 nitrogen and oxygen atoms in total. The lowest BCUT2D eigenvalue weighted by Crippen LogP contribution is -2.17. The summed E-state index contributed by atoms with van der Waals surface area (Å²) in [7, 11) is 1.67. The average Bonchev–Trinajstić information content (AvgIpc) is 3.26. The first-order valence-electron chi connectivity index (χ1n) is 9.05. The van der Waals surface area contributed by atoms with Crippen LogP contribution in [0.15, 0.2) is 60.1 Å². The summed E-state index contributed by atoms with van der Waals surface area (Å²) >= 11 is 7.55. The smallest absolute Gasteiger partial charge is 0.142 e. The van der Waals surface area contributed by atoms with Crippen LogP contribution >= 0.6 is 22.9 Å². The monoisotopic (exact) mass is 409 g/mol. The number of nitrogens with one attached hydrogen (secondary N) is 1. The van der Waals surface area contributed by atoms with E-state index in [1.54, 1.807) is 18.4 Å². The molecule has 0 unspecified atom stereocenters. The van der Waals surface area contributed by atoms with Gasteiger partial charge in [-0.25, -0.2) is 9.97 Å². The molecule has 6 heteroatoms. The Bertz CT molecular complexity index is 1070. The molecule has 2 aromatic heterocycles. The Labute approximate surface area is 173 Å². The van der Waals surface area contributed by atoms with Crippen LogP contribution in [0.2, 0.25) is 5.02 Å². The number of thiazole rings is 1. The lowest BCUT2D eigenvalue weighted by Gasteiger charge is -2.11. The Hall–Kier alpha value is -2.47. The van der Waals surface area contributed by atoms with Gasteiger partial charge in [0.05, 0.1) is 12.6 Å². The molecule has 0 aliphatic carbocycles. The molecule has 0 fully saturated rings. The molecule has 0 saturated heterocycles. The van der Waals surface area contributed by atoms with Crippen LogP contribution in [0, 0.1) is 0 Å². The third-order valence-electron chi connectivity index (χ3n) is 4.56. The van der Waals surface area contributed by atoms with Crippen LogP contribution in [0.25, 0.3) is 21.6 Å². The summed E-state index contributed by atoms with van der Waals surface area (Å²) in [5, 5.41) is 8.30. The van der Waals surface area contributed by atoms with E-state index in [0.29, 0.717) is 0 Å². The molecule has 2 heterocycles. The van der Waals surface area contributed by atoms with Gasteiger partial charge >= 0.3 is 0 Å². The van der Waals surface area contributed by atoms with Crippen molar-refractivity contribution in [3.63, 3.8) is 0 Å². The summed E-state index contributed by atoms with van der Waals surface area (Å²) in [4.78, 5) is 9.35. The summed E-state index contributed by atoms with van der Waals surface area (Å²) in [5.41, 5.74) is 4.24. The maximum absolute atomic E-state index is 5.95. The number of hydrogen-bond donors (Lipinski definition) is 1. The molecule has 0 spiro atoms. The zero-order valence-electron chi connectivity index (χ0n) is 15.5. The molecule has 0 saturated carbocycles. The van der Waals surface area contributed by atoms with Crippen molar-refractivity contribution in [3.8, 4) is 16.5 Å². The first kappa shape index (κ1) is 18.9. The number of fused-ring (bicyclic) bond motifs is 1. The first-order chi connectivity index (χ1) is 13.7. The standard InChI is InChI=1S/C22H20ClN3OS/c1-27-19-7-4-16-12-17(14-24-9-8-15-2-5-18(23)6-3-15)21(26-20(16)13-19)22-25-10-11-28-22/h2-7,10-13,24H,8-9,14H2,1H3.